The van der Waals surface area contributed by atoms with Gasteiger partial charge in [-0.05, 0) is 5.56 Å². The monoisotopic (exact) mass is 288 g/mol. The molecule has 106 valence electrons. The van der Waals surface area contributed by atoms with Crippen LogP contribution in [-0.2, 0) is 6.42 Å². The summed E-state index contributed by atoms with van der Waals surface area (Å²) in [6.45, 7) is 0. The Balaban J connectivity index is 2.42. The molecule has 0 heterocycles. The van der Waals surface area contributed by atoms with Crippen LogP contribution in [-0.4, -0.2) is 5.11 Å². The fourth-order valence-corrected chi connectivity index (χ4v) is 1.85. The van der Waals surface area contributed by atoms with Crippen molar-refractivity contribution in [2.75, 3.05) is 0 Å². The Kier molecular flexibility index (Phi) is 4.04. The van der Waals surface area contributed by atoms with Gasteiger partial charge in [0.2, 0.25) is 5.82 Å². The maximum absolute atomic E-state index is 13.5. The van der Waals surface area contributed by atoms with E-state index in [-0.39, 0.29) is 6.42 Å². The standard InChI is InChI=1S/C14H9F5O/c15-10-9(11(16)13(18)14(19)12(10)17)8(20)6-7-4-2-1-3-5-7/h1-5,8,20H,6H2/t8-/m1/s1. The molecule has 0 aliphatic rings. The number of benzene rings is 2. The van der Waals surface area contributed by atoms with Gasteiger partial charge in [0.1, 0.15) is 0 Å². The van der Waals surface area contributed by atoms with Crippen molar-refractivity contribution >= 4 is 0 Å². The van der Waals surface area contributed by atoms with E-state index in [2.05, 4.69) is 0 Å². The lowest BCUT2D eigenvalue weighted by Crippen LogP contribution is -2.13. The van der Waals surface area contributed by atoms with Gasteiger partial charge in [-0.1, -0.05) is 30.3 Å². The van der Waals surface area contributed by atoms with Gasteiger partial charge in [-0.2, -0.15) is 0 Å². The largest absolute Gasteiger partial charge is 0.388 e. The van der Waals surface area contributed by atoms with Crippen LogP contribution in [0.1, 0.15) is 17.2 Å². The maximum atomic E-state index is 13.5. The zero-order valence-electron chi connectivity index (χ0n) is 10.0. The molecule has 0 spiro atoms. The van der Waals surface area contributed by atoms with Gasteiger partial charge in [-0.3, -0.25) is 0 Å². The van der Waals surface area contributed by atoms with Gasteiger partial charge in [0.25, 0.3) is 0 Å². The van der Waals surface area contributed by atoms with Crippen LogP contribution < -0.4 is 0 Å². The van der Waals surface area contributed by atoms with Crippen molar-refractivity contribution in [3.8, 4) is 0 Å². The summed E-state index contributed by atoms with van der Waals surface area (Å²) >= 11 is 0. The highest BCUT2D eigenvalue weighted by atomic mass is 19.2. The van der Waals surface area contributed by atoms with E-state index in [1.807, 2.05) is 0 Å². The summed E-state index contributed by atoms with van der Waals surface area (Å²) in [7, 11) is 0. The van der Waals surface area contributed by atoms with Crippen molar-refractivity contribution in [1.29, 1.82) is 0 Å². The van der Waals surface area contributed by atoms with Crippen molar-refractivity contribution in [2.45, 2.75) is 12.5 Å². The van der Waals surface area contributed by atoms with E-state index in [0.717, 1.165) is 0 Å². The van der Waals surface area contributed by atoms with E-state index < -0.39 is 40.8 Å². The van der Waals surface area contributed by atoms with E-state index in [1.54, 1.807) is 30.3 Å². The van der Waals surface area contributed by atoms with Crippen molar-refractivity contribution in [3.63, 3.8) is 0 Å². The van der Waals surface area contributed by atoms with Gasteiger partial charge in [0.15, 0.2) is 23.3 Å². The summed E-state index contributed by atoms with van der Waals surface area (Å²) in [5, 5.41) is 9.74. The molecule has 1 atom stereocenters. The lowest BCUT2D eigenvalue weighted by atomic mass is 10.00. The van der Waals surface area contributed by atoms with Gasteiger partial charge in [-0.15, -0.1) is 0 Å². The highest BCUT2D eigenvalue weighted by Gasteiger charge is 2.29. The summed E-state index contributed by atoms with van der Waals surface area (Å²) in [4.78, 5) is 0. The van der Waals surface area contributed by atoms with E-state index in [4.69, 9.17) is 0 Å². The quantitative estimate of drug-likeness (QED) is 0.519. The smallest absolute Gasteiger partial charge is 0.200 e. The van der Waals surface area contributed by atoms with Crippen LogP contribution in [0.25, 0.3) is 0 Å². The number of hydrogen-bond donors (Lipinski definition) is 1. The molecule has 2 aromatic rings. The van der Waals surface area contributed by atoms with Crippen LogP contribution in [0.2, 0.25) is 0 Å². The van der Waals surface area contributed by atoms with Crippen molar-refractivity contribution in [1.82, 2.24) is 0 Å². The van der Waals surface area contributed by atoms with Gasteiger partial charge in [-0.25, -0.2) is 22.0 Å². The minimum atomic E-state index is -2.24. The molecule has 0 unspecified atom stereocenters. The molecule has 2 aromatic carbocycles. The highest BCUT2D eigenvalue weighted by Crippen LogP contribution is 2.29. The molecule has 0 aliphatic heterocycles. The van der Waals surface area contributed by atoms with Crippen LogP contribution in [0, 0.1) is 29.1 Å². The predicted molar refractivity (Wildman–Crippen MR) is 61.3 cm³/mol. The molecule has 1 nitrogen and oxygen atoms in total. The fourth-order valence-electron chi connectivity index (χ4n) is 1.85. The average molecular weight is 288 g/mol. The second kappa shape index (κ2) is 5.58. The molecular weight excluding hydrogens is 279 g/mol. The molecule has 2 rings (SSSR count). The van der Waals surface area contributed by atoms with Crippen molar-refractivity contribution in [3.05, 3.63) is 70.5 Å². The normalized spacial score (nSPS) is 12.5. The van der Waals surface area contributed by atoms with Crippen molar-refractivity contribution < 1.29 is 27.1 Å². The first-order valence-electron chi connectivity index (χ1n) is 5.66. The molecule has 0 aromatic heterocycles. The minimum Gasteiger partial charge on any atom is -0.388 e. The van der Waals surface area contributed by atoms with Crippen LogP contribution in [0.5, 0.6) is 0 Å². The average Bonchev–Trinajstić information content (AvgIpc) is 2.44. The molecule has 0 radical (unpaired) electrons. The summed E-state index contributed by atoms with van der Waals surface area (Å²) in [6, 6.07) is 8.07. The number of rotatable bonds is 3. The molecule has 1 N–H and O–H groups in total. The summed E-state index contributed by atoms with van der Waals surface area (Å²) < 4.78 is 65.9. The molecule has 0 saturated heterocycles. The third kappa shape index (κ3) is 2.51. The van der Waals surface area contributed by atoms with E-state index in [9.17, 15) is 27.1 Å². The van der Waals surface area contributed by atoms with Gasteiger partial charge in [0.05, 0.1) is 11.7 Å². The van der Waals surface area contributed by atoms with E-state index in [0.29, 0.717) is 5.56 Å². The SMILES string of the molecule is O[C@H](Cc1ccccc1)c1c(F)c(F)c(F)c(F)c1F. The minimum absolute atomic E-state index is 0.265. The van der Waals surface area contributed by atoms with E-state index in [1.165, 1.54) is 0 Å². The topological polar surface area (TPSA) is 20.2 Å². The third-order valence-electron chi connectivity index (χ3n) is 2.85. The van der Waals surface area contributed by atoms with Crippen LogP contribution in [0.4, 0.5) is 22.0 Å². The Hall–Kier alpha value is -1.95. The van der Waals surface area contributed by atoms with E-state index >= 15 is 0 Å². The summed E-state index contributed by atoms with van der Waals surface area (Å²) in [5.74, 6) is -10.4. The highest BCUT2D eigenvalue weighted by molar-refractivity contribution is 5.28. The molecule has 0 aliphatic carbocycles. The van der Waals surface area contributed by atoms with Crippen LogP contribution >= 0.6 is 0 Å². The molecule has 0 fully saturated rings. The molecule has 0 bridgehead atoms. The second-order valence-electron chi connectivity index (χ2n) is 4.19. The Labute approximate surface area is 111 Å². The first-order chi connectivity index (χ1) is 9.43. The number of aliphatic hydroxyl groups excluding tert-OH is 1. The zero-order valence-corrected chi connectivity index (χ0v) is 10.0. The van der Waals surface area contributed by atoms with Crippen molar-refractivity contribution in [2.24, 2.45) is 0 Å². The van der Waals surface area contributed by atoms with Gasteiger partial charge < -0.3 is 5.11 Å². The number of aliphatic hydroxyl groups is 1. The first kappa shape index (κ1) is 14.5. The maximum Gasteiger partial charge on any atom is 0.200 e. The lowest BCUT2D eigenvalue weighted by molar-refractivity contribution is 0.164. The molecule has 20 heavy (non-hydrogen) atoms. The zero-order chi connectivity index (χ0) is 14.9. The lowest BCUT2D eigenvalue weighted by Gasteiger charge is -2.14. The molecule has 0 amide bonds. The second-order valence-corrected chi connectivity index (χ2v) is 4.19. The number of halogens is 5. The fraction of sp³-hybridized carbons (Fsp3) is 0.143. The first-order valence-corrected chi connectivity index (χ1v) is 5.66. The summed E-state index contributed by atoms with van der Waals surface area (Å²) in [5.41, 5.74) is -0.714. The Bertz CT molecular complexity index is 598. The Morgan fingerprint density at radius 1 is 0.750 bits per heavy atom. The van der Waals surface area contributed by atoms with Gasteiger partial charge in [0, 0.05) is 6.42 Å². The molecular formula is C14H9F5O. The Morgan fingerprint density at radius 2 is 1.20 bits per heavy atom. The molecule has 0 saturated carbocycles. The van der Waals surface area contributed by atoms with Gasteiger partial charge >= 0.3 is 0 Å². The third-order valence-corrected chi connectivity index (χ3v) is 2.85. The summed E-state index contributed by atoms with van der Waals surface area (Å²) in [6.07, 6.45) is -2.10. The molecule has 6 heteroatoms. The van der Waals surface area contributed by atoms with Crippen LogP contribution in [0.3, 0.4) is 0 Å². The Morgan fingerprint density at radius 3 is 1.70 bits per heavy atom. The van der Waals surface area contributed by atoms with Crippen LogP contribution in [0.15, 0.2) is 30.3 Å². The predicted octanol–water partition coefficient (Wildman–Crippen LogP) is 3.66. The number of hydrogen-bond acceptors (Lipinski definition) is 1.